The monoisotopic (exact) mass is 286 g/mol. The normalized spacial score (nSPS) is 11.6. The minimum absolute atomic E-state index is 0.156. The first kappa shape index (κ1) is 15.5. The number of benzene rings is 1. The summed E-state index contributed by atoms with van der Waals surface area (Å²) < 4.78 is 24.4. The van der Waals surface area contributed by atoms with Gasteiger partial charge in [-0.25, -0.2) is 12.7 Å². The average molecular weight is 286 g/mol. The van der Waals surface area contributed by atoms with E-state index in [2.05, 4.69) is 0 Å². The number of aliphatic carboxylic acids is 1. The third-order valence-corrected chi connectivity index (χ3v) is 4.33. The number of nitrogens with zero attached hydrogens (tertiary/aromatic N) is 2. The first-order chi connectivity index (χ1) is 8.72. The number of carboxylic acid groups (broad SMARTS) is 1. The van der Waals surface area contributed by atoms with Crippen LogP contribution >= 0.6 is 0 Å². The van der Waals surface area contributed by atoms with Gasteiger partial charge in [0.15, 0.2) is 5.75 Å². The van der Waals surface area contributed by atoms with Crippen LogP contribution in [0.5, 0.6) is 0 Å². The zero-order valence-electron chi connectivity index (χ0n) is 11.2. The molecule has 1 aromatic rings. The fraction of sp³-hybridized carbons (Fsp3) is 0.417. The molecule has 1 aromatic carbocycles. The van der Waals surface area contributed by atoms with Crippen LogP contribution in [0.3, 0.4) is 0 Å². The highest BCUT2D eigenvalue weighted by Gasteiger charge is 2.21. The highest BCUT2D eigenvalue weighted by atomic mass is 32.2. The molecule has 0 aliphatic heterocycles. The third kappa shape index (κ3) is 4.53. The van der Waals surface area contributed by atoms with E-state index in [4.69, 9.17) is 5.11 Å². The van der Waals surface area contributed by atoms with Crippen molar-refractivity contribution in [3.8, 4) is 0 Å². The Morgan fingerprint density at radius 1 is 1.16 bits per heavy atom. The molecule has 106 valence electrons. The predicted molar refractivity (Wildman–Crippen MR) is 73.7 cm³/mol. The number of carboxylic acids is 1. The molecule has 0 fully saturated rings. The number of rotatable bonds is 6. The molecule has 0 radical (unpaired) electrons. The molecule has 0 heterocycles. The van der Waals surface area contributed by atoms with Gasteiger partial charge in [-0.3, -0.25) is 4.79 Å². The Bertz CT molecular complexity index is 537. The number of carbonyl (C=O) groups is 1. The summed E-state index contributed by atoms with van der Waals surface area (Å²) in [6.45, 7) is 0.156. The molecule has 0 aromatic heterocycles. The average Bonchev–Trinajstić information content (AvgIpc) is 2.27. The van der Waals surface area contributed by atoms with Gasteiger partial charge < -0.3 is 10.0 Å². The molecule has 0 spiro atoms. The van der Waals surface area contributed by atoms with E-state index in [1.807, 2.05) is 43.3 Å². The van der Waals surface area contributed by atoms with Crippen LogP contribution in [0.1, 0.15) is 5.56 Å². The summed E-state index contributed by atoms with van der Waals surface area (Å²) in [6.07, 6.45) is 0. The highest BCUT2D eigenvalue weighted by molar-refractivity contribution is 7.89. The van der Waals surface area contributed by atoms with E-state index < -0.39 is 21.7 Å². The smallest absolute Gasteiger partial charge is 0.320 e. The maximum atomic E-state index is 11.7. The molecular weight excluding hydrogens is 268 g/mol. The second-order valence-electron chi connectivity index (χ2n) is 4.47. The Kier molecular flexibility index (Phi) is 4.90. The molecule has 0 saturated heterocycles. The number of sulfonamides is 1. The SMILES string of the molecule is CN(C)c1ccc(CN(C)S(=O)(=O)CC(=O)O)cc1. The molecule has 0 bridgehead atoms. The van der Waals surface area contributed by atoms with Crippen LogP contribution in [-0.2, 0) is 21.4 Å². The van der Waals surface area contributed by atoms with Crippen molar-refractivity contribution in [2.24, 2.45) is 0 Å². The van der Waals surface area contributed by atoms with E-state index in [1.54, 1.807) is 0 Å². The molecule has 1 N–H and O–H groups in total. The van der Waals surface area contributed by atoms with Crippen molar-refractivity contribution in [2.75, 3.05) is 31.8 Å². The van der Waals surface area contributed by atoms with Crippen LogP contribution < -0.4 is 4.90 Å². The maximum Gasteiger partial charge on any atom is 0.320 e. The quantitative estimate of drug-likeness (QED) is 0.828. The Balaban J connectivity index is 2.77. The fourth-order valence-corrected chi connectivity index (χ4v) is 2.40. The lowest BCUT2D eigenvalue weighted by Crippen LogP contribution is -2.31. The lowest BCUT2D eigenvalue weighted by molar-refractivity contribution is -0.134. The molecule has 0 amide bonds. The Hall–Kier alpha value is -1.60. The lowest BCUT2D eigenvalue weighted by atomic mass is 10.2. The number of hydrogen-bond donors (Lipinski definition) is 1. The molecule has 7 heteroatoms. The van der Waals surface area contributed by atoms with Crippen molar-refractivity contribution < 1.29 is 18.3 Å². The third-order valence-electron chi connectivity index (χ3n) is 2.64. The van der Waals surface area contributed by atoms with E-state index >= 15 is 0 Å². The summed E-state index contributed by atoms with van der Waals surface area (Å²) in [5, 5.41) is 8.55. The van der Waals surface area contributed by atoms with Crippen molar-refractivity contribution >= 4 is 21.7 Å². The zero-order valence-corrected chi connectivity index (χ0v) is 12.0. The highest BCUT2D eigenvalue weighted by Crippen LogP contribution is 2.14. The molecule has 6 nitrogen and oxygen atoms in total. The fourth-order valence-electron chi connectivity index (χ4n) is 1.52. The largest absolute Gasteiger partial charge is 0.480 e. The Morgan fingerprint density at radius 3 is 2.11 bits per heavy atom. The van der Waals surface area contributed by atoms with Gasteiger partial charge in [0, 0.05) is 33.4 Å². The van der Waals surface area contributed by atoms with E-state index in [1.165, 1.54) is 7.05 Å². The predicted octanol–water partition coefficient (Wildman–Crippen LogP) is 0.599. The Labute approximate surface area is 113 Å². The standard InChI is InChI=1S/C12H18N2O4S/c1-13(2)11-6-4-10(5-7-11)8-14(3)19(17,18)9-12(15)16/h4-7H,8-9H2,1-3H3,(H,15,16). The lowest BCUT2D eigenvalue weighted by Gasteiger charge is -2.17. The van der Waals surface area contributed by atoms with Crippen molar-refractivity contribution in [1.29, 1.82) is 0 Å². The van der Waals surface area contributed by atoms with Crippen molar-refractivity contribution in [3.05, 3.63) is 29.8 Å². The topological polar surface area (TPSA) is 77.9 Å². The minimum atomic E-state index is -3.76. The molecule has 0 atom stereocenters. The Morgan fingerprint density at radius 2 is 1.68 bits per heavy atom. The van der Waals surface area contributed by atoms with Crippen molar-refractivity contribution in [3.63, 3.8) is 0 Å². The van der Waals surface area contributed by atoms with Crippen molar-refractivity contribution in [2.45, 2.75) is 6.54 Å². The van der Waals surface area contributed by atoms with Crippen molar-refractivity contribution in [1.82, 2.24) is 4.31 Å². The van der Waals surface area contributed by atoms with Gasteiger partial charge in [0.05, 0.1) is 0 Å². The van der Waals surface area contributed by atoms with Gasteiger partial charge in [-0.05, 0) is 17.7 Å². The molecule has 1 rings (SSSR count). The molecule has 0 unspecified atom stereocenters. The van der Waals surface area contributed by atoms with Gasteiger partial charge in [0.1, 0.15) is 0 Å². The second-order valence-corrected chi connectivity index (χ2v) is 6.54. The summed E-state index contributed by atoms with van der Waals surface area (Å²) >= 11 is 0. The second kappa shape index (κ2) is 6.03. The van der Waals surface area contributed by atoms with E-state index in [9.17, 15) is 13.2 Å². The van der Waals surface area contributed by atoms with Crippen LogP contribution in [-0.4, -0.2) is 50.7 Å². The number of anilines is 1. The summed E-state index contributed by atoms with van der Waals surface area (Å²) in [4.78, 5) is 12.4. The summed E-state index contributed by atoms with van der Waals surface area (Å²) in [5.41, 5.74) is 1.82. The summed E-state index contributed by atoms with van der Waals surface area (Å²) in [6, 6.07) is 7.41. The molecular formula is C12H18N2O4S. The molecule has 0 aliphatic rings. The van der Waals surface area contributed by atoms with Crippen LogP contribution in [0.2, 0.25) is 0 Å². The van der Waals surface area contributed by atoms with Gasteiger partial charge in [-0.15, -0.1) is 0 Å². The van der Waals surface area contributed by atoms with Gasteiger partial charge in [-0.1, -0.05) is 12.1 Å². The maximum absolute atomic E-state index is 11.7. The number of hydrogen-bond acceptors (Lipinski definition) is 4. The van der Waals surface area contributed by atoms with Gasteiger partial charge in [0.25, 0.3) is 0 Å². The van der Waals surface area contributed by atoms with E-state index in [0.717, 1.165) is 15.6 Å². The molecule has 0 saturated carbocycles. The van der Waals surface area contributed by atoms with E-state index in [-0.39, 0.29) is 6.54 Å². The first-order valence-corrected chi connectivity index (χ1v) is 7.25. The summed E-state index contributed by atoms with van der Waals surface area (Å²) in [5.74, 6) is -2.24. The van der Waals surface area contributed by atoms with Gasteiger partial charge >= 0.3 is 5.97 Å². The van der Waals surface area contributed by atoms with Crippen LogP contribution in [0.25, 0.3) is 0 Å². The minimum Gasteiger partial charge on any atom is -0.480 e. The summed E-state index contributed by atoms with van der Waals surface area (Å²) in [7, 11) is 1.44. The van der Waals surface area contributed by atoms with Crippen LogP contribution in [0, 0.1) is 0 Å². The van der Waals surface area contributed by atoms with Crippen LogP contribution in [0.15, 0.2) is 24.3 Å². The molecule has 19 heavy (non-hydrogen) atoms. The van der Waals surface area contributed by atoms with E-state index in [0.29, 0.717) is 0 Å². The van der Waals surface area contributed by atoms with Gasteiger partial charge in [-0.2, -0.15) is 0 Å². The molecule has 0 aliphatic carbocycles. The van der Waals surface area contributed by atoms with Gasteiger partial charge in [0.2, 0.25) is 10.0 Å². The first-order valence-electron chi connectivity index (χ1n) is 5.64. The van der Waals surface area contributed by atoms with Crippen LogP contribution in [0.4, 0.5) is 5.69 Å². The zero-order chi connectivity index (χ0) is 14.6.